The summed E-state index contributed by atoms with van der Waals surface area (Å²) >= 11 is 0. The first-order valence-electron chi connectivity index (χ1n) is 6.76. The van der Waals surface area contributed by atoms with Crippen molar-refractivity contribution in [3.05, 3.63) is 58.6 Å². The van der Waals surface area contributed by atoms with Crippen molar-refractivity contribution in [3.8, 4) is 11.4 Å². The van der Waals surface area contributed by atoms with Crippen LogP contribution in [0.2, 0.25) is 0 Å². The van der Waals surface area contributed by atoms with Gasteiger partial charge in [0.05, 0.1) is 16.3 Å². The Morgan fingerprint density at radius 1 is 0.864 bits per heavy atom. The maximum Gasteiger partial charge on any atom is 0.270 e. The number of H-pyrrole nitrogens is 2. The van der Waals surface area contributed by atoms with E-state index in [1.807, 2.05) is 30.3 Å². The Hall–Kier alpha value is -3.28. The highest BCUT2D eigenvalue weighted by atomic mass is 16.6. The smallest absolute Gasteiger partial charge is 0.270 e. The molecule has 4 aromatic rings. The molecule has 2 heterocycles. The fraction of sp³-hybridized carbons (Fsp3) is 0. The van der Waals surface area contributed by atoms with Gasteiger partial charge in [-0.1, -0.05) is 0 Å². The van der Waals surface area contributed by atoms with E-state index in [4.69, 9.17) is 5.73 Å². The third kappa shape index (κ3) is 1.89. The van der Waals surface area contributed by atoms with Gasteiger partial charge in [-0.3, -0.25) is 10.1 Å². The second kappa shape index (κ2) is 4.36. The highest BCUT2D eigenvalue weighted by molar-refractivity contribution is 5.91. The summed E-state index contributed by atoms with van der Waals surface area (Å²) in [5.74, 6) is 0. The fourth-order valence-corrected chi connectivity index (χ4v) is 2.67. The van der Waals surface area contributed by atoms with E-state index < -0.39 is 4.92 Å². The average Bonchev–Trinajstić information content (AvgIpc) is 3.08. The maximum absolute atomic E-state index is 10.8. The second-order valence-electron chi connectivity index (χ2n) is 5.24. The third-order valence-electron chi connectivity index (χ3n) is 3.75. The van der Waals surface area contributed by atoms with Crippen LogP contribution in [0.25, 0.3) is 33.2 Å². The Kier molecular flexibility index (Phi) is 2.47. The number of nitrogen functional groups attached to an aromatic ring is 1. The maximum atomic E-state index is 10.8. The van der Waals surface area contributed by atoms with Crippen molar-refractivity contribution >= 4 is 33.2 Å². The lowest BCUT2D eigenvalue weighted by Gasteiger charge is -1.91. The lowest BCUT2D eigenvalue weighted by atomic mass is 10.2. The van der Waals surface area contributed by atoms with Gasteiger partial charge >= 0.3 is 0 Å². The highest BCUT2D eigenvalue weighted by Crippen LogP contribution is 2.29. The third-order valence-corrected chi connectivity index (χ3v) is 3.75. The Balaban J connectivity index is 1.86. The van der Waals surface area contributed by atoms with Crippen LogP contribution in [0.5, 0.6) is 0 Å². The van der Waals surface area contributed by atoms with Gasteiger partial charge in [0.15, 0.2) is 0 Å². The van der Waals surface area contributed by atoms with Gasteiger partial charge in [-0.2, -0.15) is 0 Å². The molecule has 6 heteroatoms. The van der Waals surface area contributed by atoms with E-state index in [2.05, 4.69) is 9.97 Å². The molecule has 0 aliphatic carbocycles. The number of nitrogens with one attached hydrogen (secondary N) is 2. The molecule has 22 heavy (non-hydrogen) atoms. The molecule has 0 amide bonds. The largest absolute Gasteiger partial charge is 0.399 e. The minimum atomic E-state index is -0.391. The summed E-state index contributed by atoms with van der Waals surface area (Å²) in [7, 11) is 0. The molecule has 0 radical (unpaired) electrons. The van der Waals surface area contributed by atoms with Crippen LogP contribution in [0.1, 0.15) is 0 Å². The van der Waals surface area contributed by atoms with Gasteiger partial charge < -0.3 is 15.7 Å². The average molecular weight is 292 g/mol. The molecule has 0 bridgehead atoms. The molecule has 4 rings (SSSR count). The van der Waals surface area contributed by atoms with E-state index in [1.165, 1.54) is 6.07 Å². The van der Waals surface area contributed by atoms with Gasteiger partial charge in [0.2, 0.25) is 0 Å². The number of nitrogens with two attached hydrogens (primary N) is 1. The van der Waals surface area contributed by atoms with E-state index in [0.29, 0.717) is 5.69 Å². The van der Waals surface area contributed by atoms with Gasteiger partial charge in [-0.25, -0.2) is 0 Å². The number of nitrogens with zero attached hydrogens (tertiary/aromatic N) is 1. The van der Waals surface area contributed by atoms with Gasteiger partial charge in [0.25, 0.3) is 5.69 Å². The van der Waals surface area contributed by atoms with Crippen molar-refractivity contribution in [1.29, 1.82) is 0 Å². The zero-order chi connectivity index (χ0) is 15.3. The molecule has 0 unspecified atom stereocenters. The van der Waals surface area contributed by atoms with Crippen LogP contribution in [0.4, 0.5) is 11.4 Å². The van der Waals surface area contributed by atoms with Crippen LogP contribution in [0.3, 0.4) is 0 Å². The summed E-state index contributed by atoms with van der Waals surface area (Å²) in [6, 6.07) is 14.4. The van der Waals surface area contributed by atoms with Crippen LogP contribution in [-0.2, 0) is 0 Å². The van der Waals surface area contributed by atoms with Crippen LogP contribution in [-0.4, -0.2) is 14.9 Å². The first-order valence-corrected chi connectivity index (χ1v) is 6.76. The lowest BCUT2D eigenvalue weighted by molar-refractivity contribution is -0.384. The van der Waals surface area contributed by atoms with Crippen molar-refractivity contribution in [2.24, 2.45) is 0 Å². The summed E-state index contributed by atoms with van der Waals surface area (Å²) in [6.45, 7) is 0. The molecule has 4 N–H and O–H groups in total. The summed E-state index contributed by atoms with van der Waals surface area (Å²) in [5.41, 5.74) is 10.2. The number of hydrogen-bond donors (Lipinski definition) is 3. The standard InChI is InChI=1S/C16H12N4O2/c17-11-1-3-13-9(5-11)7-15(18-13)16-8-10-6-12(20(21)22)2-4-14(10)19-16/h1-8,18-19H,17H2. The topological polar surface area (TPSA) is 101 Å². The van der Waals surface area contributed by atoms with E-state index in [0.717, 1.165) is 33.2 Å². The second-order valence-corrected chi connectivity index (χ2v) is 5.24. The number of anilines is 1. The number of aromatic nitrogens is 2. The number of aromatic amines is 2. The number of nitro benzene ring substituents is 1. The fourth-order valence-electron chi connectivity index (χ4n) is 2.67. The Morgan fingerprint density at radius 2 is 1.45 bits per heavy atom. The molecule has 2 aromatic carbocycles. The summed E-state index contributed by atoms with van der Waals surface area (Å²) in [5, 5.41) is 12.7. The molecule has 0 saturated carbocycles. The van der Waals surface area contributed by atoms with Gasteiger partial charge in [0, 0.05) is 39.6 Å². The van der Waals surface area contributed by atoms with Crippen LogP contribution in [0, 0.1) is 10.1 Å². The van der Waals surface area contributed by atoms with E-state index in [-0.39, 0.29) is 5.69 Å². The van der Waals surface area contributed by atoms with Crippen molar-refractivity contribution in [1.82, 2.24) is 9.97 Å². The van der Waals surface area contributed by atoms with E-state index in [1.54, 1.807) is 12.1 Å². The lowest BCUT2D eigenvalue weighted by Crippen LogP contribution is -1.86. The predicted molar refractivity (Wildman–Crippen MR) is 86.7 cm³/mol. The quantitative estimate of drug-likeness (QED) is 0.297. The van der Waals surface area contributed by atoms with Crippen molar-refractivity contribution in [2.75, 3.05) is 5.73 Å². The number of hydrogen-bond acceptors (Lipinski definition) is 3. The number of fused-ring (bicyclic) bond motifs is 2. The minimum Gasteiger partial charge on any atom is -0.399 e. The molecule has 6 nitrogen and oxygen atoms in total. The molecule has 0 aliphatic rings. The van der Waals surface area contributed by atoms with Crippen LogP contribution in [0.15, 0.2) is 48.5 Å². The SMILES string of the molecule is Nc1ccc2[nH]c(-c3cc4cc([N+](=O)[O-])ccc4[nH]3)cc2c1. The first kappa shape index (κ1) is 12.5. The monoisotopic (exact) mass is 292 g/mol. The first-order chi connectivity index (χ1) is 10.6. The Labute approximate surface area is 124 Å². The van der Waals surface area contributed by atoms with Crippen LogP contribution < -0.4 is 5.73 Å². The highest BCUT2D eigenvalue weighted by Gasteiger charge is 2.10. The molecule has 108 valence electrons. The number of nitro groups is 1. The predicted octanol–water partition coefficient (Wildman–Crippen LogP) is 3.81. The Bertz CT molecular complexity index is 1030. The minimum absolute atomic E-state index is 0.0856. The molecular formula is C16H12N4O2. The number of rotatable bonds is 2. The summed E-state index contributed by atoms with van der Waals surface area (Å²) in [4.78, 5) is 17.0. The van der Waals surface area contributed by atoms with E-state index in [9.17, 15) is 10.1 Å². The van der Waals surface area contributed by atoms with Crippen LogP contribution >= 0.6 is 0 Å². The van der Waals surface area contributed by atoms with Crippen molar-refractivity contribution < 1.29 is 4.92 Å². The Morgan fingerprint density at radius 3 is 2.09 bits per heavy atom. The molecule has 0 aliphatic heterocycles. The number of benzene rings is 2. The summed E-state index contributed by atoms with van der Waals surface area (Å²) < 4.78 is 0. The van der Waals surface area contributed by atoms with Gasteiger partial charge in [0.1, 0.15) is 0 Å². The van der Waals surface area contributed by atoms with Gasteiger partial charge in [-0.15, -0.1) is 0 Å². The zero-order valence-electron chi connectivity index (χ0n) is 11.5. The molecular weight excluding hydrogens is 280 g/mol. The van der Waals surface area contributed by atoms with E-state index >= 15 is 0 Å². The molecule has 0 fully saturated rings. The van der Waals surface area contributed by atoms with Crippen molar-refractivity contribution in [3.63, 3.8) is 0 Å². The molecule has 0 saturated heterocycles. The number of non-ortho nitro benzene ring substituents is 1. The molecule has 0 spiro atoms. The molecule has 0 atom stereocenters. The zero-order valence-corrected chi connectivity index (χ0v) is 11.5. The van der Waals surface area contributed by atoms with Gasteiger partial charge in [-0.05, 0) is 36.4 Å². The normalized spacial score (nSPS) is 11.3. The van der Waals surface area contributed by atoms with Crippen molar-refractivity contribution in [2.45, 2.75) is 0 Å². The summed E-state index contributed by atoms with van der Waals surface area (Å²) in [6.07, 6.45) is 0. The molecule has 2 aromatic heterocycles.